The molecule has 33 heavy (non-hydrogen) atoms. The van der Waals surface area contributed by atoms with Gasteiger partial charge in [-0.2, -0.15) is 0 Å². The Morgan fingerprint density at radius 1 is 1.09 bits per heavy atom. The molecule has 0 spiro atoms. The number of hydrogen-bond donors (Lipinski definition) is 1. The summed E-state index contributed by atoms with van der Waals surface area (Å²) in [6, 6.07) is 9.70. The van der Waals surface area contributed by atoms with E-state index in [-0.39, 0.29) is 17.2 Å². The van der Waals surface area contributed by atoms with Gasteiger partial charge in [0.05, 0.1) is 12.2 Å². The lowest BCUT2D eigenvalue weighted by Gasteiger charge is -2.56. The smallest absolute Gasteiger partial charge is 0.254 e. The molecule has 4 aliphatic carbocycles. The van der Waals surface area contributed by atoms with Crippen molar-refractivity contribution in [3.05, 3.63) is 58.9 Å². The molecule has 2 heterocycles. The zero-order valence-electron chi connectivity index (χ0n) is 19.5. The Hall–Kier alpha value is -2.69. The molecule has 4 saturated carbocycles. The number of rotatable bonds is 5. The topological polar surface area (TPSA) is 62.3 Å². The number of benzene rings is 1. The fourth-order valence-corrected chi connectivity index (χ4v) is 7.75. The second kappa shape index (κ2) is 7.96. The fourth-order valence-electron chi connectivity index (χ4n) is 7.75. The number of aryl methyl sites for hydroxylation is 1. The van der Waals surface area contributed by atoms with E-state index in [4.69, 9.17) is 0 Å². The van der Waals surface area contributed by atoms with Crippen molar-refractivity contribution in [1.29, 1.82) is 0 Å². The van der Waals surface area contributed by atoms with Crippen LogP contribution < -0.4 is 5.32 Å². The first-order valence-electron chi connectivity index (χ1n) is 12.6. The van der Waals surface area contributed by atoms with Crippen LogP contribution in [0.1, 0.15) is 72.1 Å². The van der Waals surface area contributed by atoms with E-state index < -0.39 is 0 Å². The molecule has 1 aromatic heterocycles. The maximum Gasteiger partial charge on any atom is 0.254 e. The average molecular weight is 444 g/mol. The van der Waals surface area contributed by atoms with Gasteiger partial charge in [0.2, 0.25) is 5.91 Å². The molecule has 5 nitrogen and oxygen atoms in total. The second-order valence-corrected chi connectivity index (χ2v) is 11.2. The number of carbonyl (C=O) groups excluding carboxylic acids is 2. The Bertz CT molecular complexity index is 1070. The van der Waals surface area contributed by atoms with Crippen LogP contribution in [0, 0.1) is 30.1 Å². The lowest BCUT2D eigenvalue weighted by Crippen LogP contribution is -2.47. The van der Waals surface area contributed by atoms with Gasteiger partial charge in [-0.05, 0) is 104 Å². The molecule has 0 atom stereocenters. The molecule has 1 aliphatic heterocycles. The highest BCUT2D eigenvalue weighted by atomic mass is 16.2. The zero-order chi connectivity index (χ0) is 22.6. The molecule has 1 N–H and O–H groups in total. The number of anilines is 1. The Morgan fingerprint density at radius 2 is 1.82 bits per heavy atom. The minimum atomic E-state index is 0.0264. The number of aromatic nitrogens is 1. The van der Waals surface area contributed by atoms with Crippen molar-refractivity contribution in [2.24, 2.45) is 23.2 Å². The lowest BCUT2D eigenvalue weighted by molar-refractivity contribution is -0.124. The molecule has 0 saturated heterocycles. The number of hydrogen-bond acceptors (Lipinski definition) is 3. The van der Waals surface area contributed by atoms with E-state index in [9.17, 15) is 9.59 Å². The lowest BCUT2D eigenvalue weighted by atomic mass is 9.49. The van der Waals surface area contributed by atoms with Gasteiger partial charge in [-0.15, -0.1) is 0 Å². The number of pyridine rings is 1. The molecule has 1 aromatic carbocycles. The van der Waals surface area contributed by atoms with Crippen molar-refractivity contribution < 1.29 is 9.59 Å². The molecule has 172 valence electrons. The fraction of sp³-hybridized carbons (Fsp3) is 0.536. The first-order valence-corrected chi connectivity index (χ1v) is 12.6. The van der Waals surface area contributed by atoms with Crippen LogP contribution in [0.4, 0.5) is 5.69 Å². The minimum Gasteiger partial charge on any atom is -0.332 e. The van der Waals surface area contributed by atoms with Crippen LogP contribution in [0.2, 0.25) is 0 Å². The van der Waals surface area contributed by atoms with Gasteiger partial charge in [-0.3, -0.25) is 14.6 Å². The van der Waals surface area contributed by atoms with Gasteiger partial charge in [0.25, 0.3) is 5.91 Å². The van der Waals surface area contributed by atoms with Gasteiger partial charge >= 0.3 is 0 Å². The predicted octanol–water partition coefficient (Wildman–Crippen LogP) is 5.13. The monoisotopic (exact) mass is 443 g/mol. The molecule has 0 unspecified atom stereocenters. The van der Waals surface area contributed by atoms with E-state index in [1.165, 1.54) is 38.5 Å². The maximum atomic E-state index is 13.3. The largest absolute Gasteiger partial charge is 0.332 e. The molecule has 5 aliphatic rings. The van der Waals surface area contributed by atoms with Crippen LogP contribution in [-0.4, -0.2) is 28.2 Å². The number of fused-ring (bicyclic) bond motifs is 1. The Morgan fingerprint density at radius 3 is 2.52 bits per heavy atom. The summed E-state index contributed by atoms with van der Waals surface area (Å²) < 4.78 is 0. The van der Waals surface area contributed by atoms with Crippen LogP contribution in [0.25, 0.3) is 0 Å². The predicted molar refractivity (Wildman–Crippen MR) is 128 cm³/mol. The van der Waals surface area contributed by atoms with Crippen LogP contribution >= 0.6 is 0 Å². The number of nitrogens with one attached hydrogen (secondary N) is 1. The van der Waals surface area contributed by atoms with Gasteiger partial charge < -0.3 is 10.2 Å². The maximum absolute atomic E-state index is 13.3. The molecule has 4 bridgehead atoms. The van der Waals surface area contributed by atoms with Crippen molar-refractivity contribution in [3.8, 4) is 0 Å². The van der Waals surface area contributed by atoms with Gasteiger partial charge in [0.1, 0.15) is 0 Å². The normalized spacial score (nSPS) is 29.8. The van der Waals surface area contributed by atoms with Crippen molar-refractivity contribution in [2.75, 3.05) is 11.9 Å². The molecule has 2 aromatic rings. The van der Waals surface area contributed by atoms with Crippen LogP contribution in [0.5, 0.6) is 0 Å². The highest BCUT2D eigenvalue weighted by Gasteiger charge is 2.51. The summed E-state index contributed by atoms with van der Waals surface area (Å²) >= 11 is 0. The summed E-state index contributed by atoms with van der Waals surface area (Å²) in [7, 11) is 0. The first-order chi connectivity index (χ1) is 16.0. The van der Waals surface area contributed by atoms with Gasteiger partial charge in [-0.1, -0.05) is 12.1 Å². The first kappa shape index (κ1) is 20.9. The summed E-state index contributed by atoms with van der Waals surface area (Å²) in [4.78, 5) is 32.8. The van der Waals surface area contributed by atoms with Crippen LogP contribution in [0.15, 0.2) is 36.5 Å². The van der Waals surface area contributed by atoms with Gasteiger partial charge in [0.15, 0.2) is 0 Å². The van der Waals surface area contributed by atoms with Crippen molar-refractivity contribution in [2.45, 2.75) is 64.8 Å². The third kappa shape index (κ3) is 3.85. The van der Waals surface area contributed by atoms with E-state index in [0.29, 0.717) is 25.1 Å². The number of nitrogens with zero attached hydrogens (tertiary/aromatic N) is 2. The third-order valence-electron chi connectivity index (χ3n) is 8.76. The summed E-state index contributed by atoms with van der Waals surface area (Å²) in [5.41, 5.74) is 4.78. The molecule has 5 heteroatoms. The second-order valence-electron chi connectivity index (χ2n) is 11.2. The molecule has 4 fully saturated rings. The van der Waals surface area contributed by atoms with Crippen LogP contribution in [-0.2, 0) is 17.8 Å². The SMILES string of the molecule is Cc1cccnc1CN1CCc2c(NC(=O)CC34CC5CC(CC(C5)C3)C4)cccc2C1=O. The quantitative estimate of drug-likeness (QED) is 0.697. The highest BCUT2D eigenvalue weighted by Crippen LogP contribution is 2.61. The average Bonchev–Trinajstić information content (AvgIpc) is 2.76. The highest BCUT2D eigenvalue weighted by molar-refractivity contribution is 6.00. The summed E-state index contributed by atoms with van der Waals surface area (Å²) in [5, 5.41) is 3.22. The summed E-state index contributed by atoms with van der Waals surface area (Å²) in [5.74, 6) is 2.70. The summed E-state index contributed by atoms with van der Waals surface area (Å²) in [6.07, 6.45) is 11.1. The van der Waals surface area contributed by atoms with E-state index in [2.05, 4.69) is 10.3 Å². The van der Waals surface area contributed by atoms with Crippen molar-refractivity contribution >= 4 is 17.5 Å². The summed E-state index contributed by atoms with van der Waals surface area (Å²) in [6.45, 7) is 3.19. The zero-order valence-corrected chi connectivity index (χ0v) is 19.5. The minimum absolute atomic E-state index is 0.0264. The van der Waals surface area contributed by atoms with Crippen molar-refractivity contribution in [1.82, 2.24) is 9.88 Å². The Kier molecular flexibility index (Phi) is 5.04. The molecular weight excluding hydrogens is 410 g/mol. The number of amides is 2. The molecule has 7 rings (SSSR count). The van der Waals surface area contributed by atoms with E-state index in [0.717, 1.165) is 46.7 Å². The molecule has 0 radical (unpaired) electrons. The van der Waals surface area contributed by atoms with Crippen LogP contribution in [0.3, 0.4) is 0 Å². The molecule has 2 amide bonds. The van der Waals surface area contributed by atoms with E-state index >= 15 is 0 Å². The van der Waals surface area contributed by atoms with Crippen molar-refractivity contribution in [3.63, 3.8) is 0 Å². The Balaban J connectivity index is 1.17. The van der Waals surface area contributed by atoms with Gasteiger partial charge in [0, 0.05) is 30.4 Å². The standard InChI is InChI=1S/C28H33N3O2/c1-18-4-3-8-29-25(18)17-31-9-7-22-23(27(31)33)5-2-6-24(22)30-26(32)16-28-13-19-10-20(14-28)12-21(11-19)15-28/h2-6,8,19-21H,7,9-17H2,1H3,(H,30,32). The van der Waals surface area contributed by atoms with Gasteiger partial charge in [-0.25, -0.2) is 0 Å². The number of carbonyl (C=O) groups is 2. The third-order valence-corrected chi connectivity index (χ3v) is 8.76. The van der Waals surface area contributed by atoms with E-state index in [1.807, 2.05) is 42.2 Å². The molecular formula is C28H33N3O2. The Labute approximate surface area is 196 Å². The van der Waals surface area contributed by atoms with E-state index in [1.54, 1.807) is 6.20 Å².